The van der Waals surface area contributed by atoms with Crippen molar-refractivity contribution in [3.8, 4) is 5.69 Å². The quantitative estimate of drug-likeness (QED) is 0.634. The van der Waals surface area contributed by atoms with Crippen LogP contribution in [-0.4, -0.2) is 49.7 Å². The van der Waals surface area contributed by atoms with Gasteiger partial charge in [0.25, 0.3) is 0 Å². The zero-order chi connectivity index (χ0) is 19.3. The van der Waals surface area contributed by atoms with E-state index in [1.54, 1.807) is 21.8 Å². The Kier molecular flexibility index (Phi) is 3.95. The van der Waals surface area contributed by atoms with E-state index in [4.69, 9.17) is 15.2 Å². The normalized spacial score (nSPS) is 21.7. The SMILES string of the molecule is Cn1cc(N2C(O[C@H]3CCOC3)=c3c(ccn3-c3cnn(C)c3)=NC2N)cn1. The van der Waals surface area contributed by atoms with E-state index in [9.17, 15) is 0 Å². The smallest absolute Gasteiger partial charge is 0.224 e. The molecule has 2 aliphatic rings. The number of hydrogen-bond acceptors (Lipinski definition) is 7. The Balaban J connectivity index is 1.73. The van der Waals surface area contributed by atoms with Crippen LogP contribution < -0.4 is 21.3 Å². The summed E-state index contributed by atoms with van der Waals surface area (Å²) in [6.07, 6.45) is 9.54. The highest BCUT2D eigenvalue weighted by molar-refractivity contribution is 5.64. The van der Waals surface area contributed by atoms with Gasteiger partial charge in [-0.25, -0.2) is 4.99 Å². The summed E-state index contributed by atoms with van der Waals surface area (Å²) in [6, 6.07) is 1.94. The van der Waals surface area contributed by atoms with Gasteiger partial charge >= 0.3 is 0 Å². The fourth-order valence-corrected chi connectivity index (χ4v) is 3.60. The van der Waals surface area contributed by atoms with Crippen LogP contribution in [-0.2, 0) is 23.6 Å². The summed E-state index contributed by atoms with van der Waals surface area (Å²) in [7, 11) is 3.75. The molecule has 28 heavy (non-hydrogen) atoms. The number of nitrogens with zero attached hydrogens (tertiary/aromatic N) is 7. The molecule has 3 aromatic rings. The molecule has 0 aliphatic carbocycles. The number of anilines is 1. The van der Waals surface area contributed by atoms with E-state index < -0.39 is 6.29 Å². The van der Waals surface area contributed by atoms with E-state index >= 15 is 0 Å². The largest absolute Gasteiger partial charge is 0.471 e. The van der Waals surface area contributed by atoms with Gasteiger partial charge < -0.3 is 14.0 Å². The van der Waals surface area contributed by atoms with Gasteiger partial charge in [-0.15, -0.1) is 0 Å². The van der Waals surface area contributed by atoms with Crippen molar-refractivity contribution in [2.24, 2.45) is 24.8 Å². The van der Waals surface area contributed by atoms with Crippen LogP contribution in [0.3, 0.4) is 0 Å². The fraction of sp³-hybridized carbons (Fsp3) is 0.389. The highest BCUT2D eigenvalue weighted by Crippen LogP contribution is 2.25. The molecule has 0 saturated carbocycles. The molecular formula is C18H22N8O2. The lowest BCUT2D eigenvalue weighted by Gasteiger charge is -2.32. The van der Waals surface area contributed by atoms with Gasteiger partial charge in [-0.1, -0.05) is 0 Å². The molecule has 3 aromatic heterocycles. The fourth-order valence-electron chi connectivity index (χ4n) is 3.60. The highest BCUT2D eigenvalue weighted by atomic mass is 16.6. The zero-order valence-corrected chi connectivity index (χ0v) is 15.8. The lowest BCUT2D eigenvalue weighted by atomic mass is 10.3. The molecule has 2 aliphatic heterocycles. The van der Waals surface area contributed by atoms with Crippen molar-refractivity contribution in [2.75, 3.05) is 18.1 Å². The Labute approximate surface area is 161 Å². The number of aromatic nitrogens is 5. The lowest BCUT2D eigenvalue weighted by Crippen LogP contribution is -2.52. The molecule has 0 radical (unpaired) electrons. The predicted molar refractivity (Wildman–Crippen MR) is 101 cm³/mol. The minimum atomic E-state index is -0.612. The Bertz CT molecular complexity index is 1120. The first-order chi connectivity index (χ1) is 13.6. The number of fused-ring (bicyclic) bond motifs is 1. The molecular weight excluding hydrogens is 360 g/mol. The van der Waals surface area contributed by atoms with Crippen molar-refractivity contribution in [3.05, 3.63) is 47.8 Å². The molecule has 1 saturated heterocycles. The summed E-state index contributed by atoms with van der Waals surface area (Å²) in [5.74, 6) is 0.648. The van der Waals surface area contributed by atoms with Crippen molar-refractivity contribution >= 4 is 11.6 Å². The summed E-state index contributed by atoms with van der Waals surface area (Å²) < 4.78 is 17.5. The molecule has 146 valence electrons. The number of rotatable bonds is 4. The number of ether oxygens (including phenoxy) is 2. The minimum absolute atomic E-state index is 0.0374. The van der Waals surface area contributed by atoms with Crippen molar-refractivity contribution in [1.29, 1.82) is 0 Å². The Morgan fingerprint density at radius 2 is 1.89 bits per heavy atom. The second-order valence-electron chi connectivity index (χ2n) is 6.99. The molecule has 1 unspecified atom stereocenters. The van der Waals surface area contributed by atoms with Crippen LogP contribution in [0.15, 0.2) is 42.0 Å². The van der Waals surface area contributed by atoms with Gasteiger partial charge in [0.05, 0.1) is 42.3 Å². The Hall–Kier alpha value is -3.11. The van der Waals surface area contributed by atoms with E-state index in [1.807, 2.05) is 48.2 Å². The number of hydrogen-bond donors (Lipinski definition) is 1. The summed E-state index contributed by atoms with van der Waals surface area (Å²) in [5, 5.41) is 10.2. The molecule has 0 bridgehead atoms. The monoisotopic (exact) mass is 382 g/mol. The van der Waals surface area contributed by atoms with Crippen molar-refractivity contribution in [2.45, 2.75) is 18.8 Å². The minimum Gasteiger partial charge on any atom is -0.471 e. The third-order valence-corrected chi connectivity index (χ3v) is 4.93. The first-order valence-electron chi connectivity index (χ1n) is 9.16. The Morgan fingerprint density at radius 1 is 1.14 bits per heavy atom. The average molecular weight is 382 g/mol. The third kappa shape index (κ3) is 2.77. The van der Waals surface area contributed by atoms with Crippen LogP contribution in [0.2, 0.25) is 0 Å². The molecule has 0 spiro atoms. The van der Waals surface area contributed by atoms with E-state index in [-0.39, 0.29) is 6.10 Å². The molecule has 0 amide bonds. The maximum atomic E-state index is 6.45. The topological polar surface area (TPSA) is 101 Å². The van der Waals surface area contributed by atoms with E-state index in [0.29, 0.717) is 19.1 Å². The van der Waals surface area contributed by atoms with Crippen LogP contribution in [0.1, 0.15) is 6.42 Å². The van der Waals surface area contributed by atoms with Gasteiger partial charge in [-0.3, -0.25) is 20.0 Å². The first kappa shape index (κ1) is 17.0. The van der Waals surface area contributed by atoms with Crippen LogP contribution in [0.25, 0.3) is 11.6 Å². The lowest BCUT2D eigenvalue weighted by molar-refractivity contribution is 0.116. The third-order valence-electron chi connectivity index (χ3n) is 4.93. The molecule has 5 rings (SSSR count). The van der Waals surface area contributed by atoms with Gasteiger partial charge in [0.2, 0.25) is 5.88 Å². The molecule has 10 nitrogen and oxygen atoms in total. The molecule has 2 atom stereocenters. The summed E-state index contributed by atoms with van der Waals surface area (Å²) in [5.41, 5.74) is 8.15. The highest BCUT2D eigenvalue weighted by Gasteiger charge is 2.31. The standard InChI is InChI=1S/C18H22N8O2/c1-23-9-12(7-20-23)25-5-3-15-16(25)17(28-14-4-6-27-11-14)26(18(19)22-15)13-8-21-24(2)10-13/h3,5,7-10,14,18H,4,6,11,19H2,1-2H3/t14-,18?/m0/s1. The van der Waals surface area contributed by atoms with Crippen LogP contribution in [0.5, 0.6) is 0 Å². The van der Waals surface area contributed by atoms with E-state index in [2.05, 4.69) is 15.2 Å². The summed E-state index contributed by atoms with van der Waals surface area (Å²) in [4.78, 5) is 6.55. The van der Waals surface area contributed by atoms with Crippen LogP contribution >= 0.6 is 0 Å². The molecule has 1 fully saturated rings. The second-order valence-corrected chi connectivity index (χ2v) is 6.99. The van der Waals surface area contributed by atoms with E-state index in [0.717, 1.165) is 28.5 Å². The molecule has 10 heteroatoms. The average Bonchev–Trinajstić information content (AvgIpc) is 3.42. The predicted octanol–water partition coefficient (Wildman–Crippen LogP) is -0.802. The van der Waals surface area contributed by atoms with Crippen molar-refractivity contribution in [3.63, 3.8) is 0 Å². The molecule has 0 aromatic carbocycles. The van der Waals surface area contributed by atoms with Gasteiger partial charge in [0.1, 0.15) is 11.5 Å². The summed E-state index contributed by atoms with van der Waals surface area (Å²) in [6.45, 7) is 1.25. The van der Waals surface area contributed by atoms with Crippen LogP contribution in [0, 0.1) is 0 Å². The molecule has 5 heterocycles. The van der Waals surface area contributed by atoms with Gasteiger partial charge in [0.15, 0.2) is 6.29 Å². The second kappa shape index (κ2) is 6.50. The van der Waals surface area contributed by atoms with Gasteiger partial charge in [0, 0.05) is 39.1 Å². The van der Waals surface area contributed by atoms with Gasteiger partial charge in [-0.2, -0.15) is 10.2 Å². The number of aryl methyl sites for hydroxylation is 2. The maximum absolute atomic E-state index is 6.45. The first-order valence-corrected chi connectivity index (χ1v) is 9.16. The maximum Gasteiger partial charge on any atom is 0.224 e. The molecule has 2 N–H and O–H groups in total. The van der Waals surface area contributed by atoms with Gasteiger partial charge in [-0.05, 0) is 6.07 Å². The van der Waals surface area contributed by atoms with Crippen LogP contribution in [0.4, 0.5) is 5.69 Å². The number of nitrogens with two attached hydrogens (primary N) is 1. The zero-order valence-electron chi connectivity index (χ0n) is 15.8. The van der Waals surface area contributed by atoms with Crippen molar-refractivity contribution < 1.29 is 9.47 Å². The van der Waals surface area contributed by atoms with Crippen molar-refractivity contribution in [1.82, 2.24) is 24.1 Å². The Morgan fingerprint density at radius 3 is 2.54 bits per heavy atom. The summed E-state index contributed by atoms with van der Waals surface area (Å²) >= 11 is 0. The van der Waals surface area contributed by atoms with E-state index in [1.165, 1.54) is 0 Å².